The smallest absolute Gasteiger partial charge is 0.416 e. The Morgan fingerprint density at radius 1 is 1.48 bits per heavy atom. The molecule has 1 aromatic carbocycles. The maximum atomic E-state index is 13.4. The molecule has 0 aromatic heterocycles. The number of carbonyl (C=O) groups excluding carboxylic acids is 1. The lowest BCUT2D eigenvalue weighted by molar-refractivity contribution is -0.139. The van der Waals surface area contributed by atoms with E-state index >= 15 is 0 Å². The van der Waals surface area contributed by atoms with Crippen LogP contribution >= 0.6 is 0 Å². The van der Waals surface area contributed by atoms with Gasteiger partial charge in [0.25, 0.3) is 0 Å². The van der Waals surface area contributed by atoms with Gasteiger partial charge in [0, 0.05) is 6.61 Å². The number of methoxy groups -OCH3 is 1. The second-order valence-corrected chi connectivity index (χ2v) is 5.30. The highest BCUT2D eigenvalue weighted by molar-refractivity contribution is 5.96. The molecule has 0 aliphatic carbocycles. The summed E-state index contributed by atoms with van der Waals surface area (Å²) in [4.78, 5) is 11.9. The summed E-state index contributed by atoms with van der Waals surface area (Å²) in [6.45, 7) is 1.71. The molecule has 8 heteroatoms. The first-order valence-electron chi connectivity index (χ1n) is 7.13. The van der Waals surface area contributed by atoms with Gasteiger partial charge in [-0.3, -0.25) is 0 Å². The molecule has 23 heavy (non-hydrogen) atoms. The molecule has 5 nitrogen and oxygen atoms in total. The Balaban J connectivity index is 2.61. The van der Waals surface area contributed by atoms with E-state index in [-0.39, 0.29) is 16.8 Å². The number of hydrogen-bond acceptors (Lipinski definition) is 5. The predicted molar refractivity (Wildman–Crippen MR) is 76.0 cm³/mol. The summed E-state index contributed by atoms with van der Waals surface area (Å²) in [6, 6.07) is 1.95. The molecule has 1 aliphatic heterocycles. The minimum atomic E-state index is -4.61. The van der Waals surface area contributed by atoms with E-state index in [1.54, 1.807) is 0 Å². The van der Waals surface area contributed by atoms with Gasteiger partial charge in [0.15, 0.2) is 0 Å². The average Bonchev–Trinajstić information content (AvgIpc) is 2.98. The number of aliphatic hydroxyl groups is 1. The normalized spacial score (nSPS) is 19.5. The number of benzene rings is 1. The summed E-state index contributed by atoms with van der Waals surface area (Å²) in [5.74, 6) is -0.791. The van der Waals surface area contributed by atoms with Crippen molar-refractivity contribution >= 4 is 11.7 Å². The van der Waals surface area contributed by atoms with Crippen molar-refractivity contribution in [2.24, 2.45) is 0 Å². The van der Waals surface area contributed by atoms with Crippen LogP contribution in [0.25, 0.3) is 0 Å². The summed E-state index contributed by atoms with van der Waals surface area (Å²) in [7, 11) is 1.14. The summed E-state index contributed by atoms with van der Waals surface area (Å²) >= 11 is 0. The van der Waals surface area contributed by atoms with E-state index in [0.717, 1.165) is 19.2 Å². The van der Waals surface area contributed by atoms with E-state index in [9.17, 15) is 23.1 Å². The standard InChI is InChI=1S/C15H18F3NO4/c1-8(20)19-12-7-11(15(16,17)18)9(13-4-3-5-23-13)6-10(12)14(21)22-2/h6-8,13,19-20H,3-5H2,1-2H3. The van der Waals surface area contributed by atoms with Crippen LogP contribution in [-0.4, -0.2) is 31.0 Å². The van der Waals surface area contributed by atoms with Crippen LogP contribution in [-0.2, 0) is 15.7 Å². The van der Waals surface area contributed by atoms with Gasteiger partial charge in [-0.1, -0.05) is 0 Å². The molecule has 0 saturated carbocycles. The monoisotopic (exact) mass is 333 g/mol. The van der Waals surface area contributed by atoms with Gasteiger partial charge in [0.05, 0.1) is 30.0 Å². The molecular formula is C15H18F3NO4. The Bertz CT molecular complexity index is 581. The Labute approximate surface area is 131 Å². The summed E-state index contributed by atoms with van der Waals surface area (Å²) in [5, 5.41) is 11.8. The lowest BCUT2D eigenvalue weighted by Crippen LogP contribution is -2.20. The summed E-state index contributed by atoms with van der Waals surface area (Å²) < 4.78 is 50.1. The number of alkyl halides is 3. The number of ether oxygens (including phenoxy) is 2. The fraction of sp³-hybridized carbons (Fsp3) is 0.533. The van der Waals surface area contributed by atoms with Crippen molar-refractivity contribution in [2.45, 2.75) is 38.3 Å². The Kier molecular flexibility index (Phi) is 5.16. The molecule has 1 fully saturated rings. The highest BCUT2D eigenvalue weighted by atomic mass is 19.4. The van der Waals surface area contributed by atoms with Gasteiger partial charge in [-0.15, -0.1) is 0 Å². The van der Waals surface area contributed by atoms with Crippen LogP contribution in [0.2, 0.25) is 0 Å². The SMILES string of the molecule is COC(=O)c1cc(C2CCCO2)c(C(F)(F)F)cc1NC(C)O. The van der Waals surface area contributed by atoms with E-state index < -0.39 is 30.0 Å². The van der Waals surface area contributed by atoms with Crippen LogP contribution in [0, 0.1) is 0 Å². The van der Waals surface area contributed by atoms with Gasteiger partial charge < -0.3 is 19.9 Å². The lowest BCUT2D eigenvalue weighted by Gasteiger charge is -2.22. The van der Waals surface area contributed by atoms with Crippen molar-refractivity contribution < 1.29 is 32.5 Å². The number of aliphatic hydroxyl groups excluding tert-OH is 1. The van der Waals surface area contributed by atoms with Crippen molar-refractivity contribution in [3.8, 4) is 0 Å². The Morgan fingerprint density at radius 3 is 2.65 bits per heavy atom. The average molecular weight is 333 g/mol. The van der Waals surface area contributed by atoms with E-state index in [1.807, 2.05) is 0 Å². The highest BCUT2D eigenvalue weighted by Crippen LogP contribution is 2.41. The fourth-order valence-electron chi connectivity index (χ4n) is 2.57. The number of rotatable bonds is 4. The third kappa shape index (κ3) is 3.94. The minimum Gasteiger partial charge on any atom is -0.465 e. The summed E-state index contributed by atoms with van der Waals surface area (Å²) in [5.41, 5.74) is -1.19. The van der Waals surface area contributed by atoms with Crippen LogP contribution in [0.1, 0.15) is 47.4 Å². The largest absolute Gasteiger partial charge is 0.465 e. The molecule has 2 unspecified atom stereocenters. The third-order valence-electron chi connectivity index (χ3n) is 3.54. The van der Waals surface area contributed by atoms with E-state index in [2.05, 4.69) is 10.1 Å². The van der Waals surface area contributed by atoms with Crippen molar-refractivity contribution in [2.75, 3.05) is 19.0 Å². The second kappa shape index (κ2) is 6.76. The number of nitrogens with one attached hydrogen (secondary N) is 1. The fourth-order valence-corrected chi connectivity index (χ4v) is 2.57. The van der Waals surface area contributed by atoms with Crippen molar-refractivity contribution in [1.82, 2.24) is 0 Å². The number of carbonyl (C=O) groups is 1. The molecule has 2 rings (SSSR count). The van der Waals surface area contributed by atoms with Crippen molar-refractivity contribution in [3.63, 3.8) is 0 Å². The molecule has 1 heterocycles. The zero-order chi connectivity index (χ0) is 17.2. The molecule has 0 bridgehead atoms. The van der Waals surface area contributed by atoms with Gasteiger partial charge >= 0.3 is 12.1 Å². The first-order chi connectivity index (χ1) is 10.7. The van der Waals surface area contributed by atoms with Gasteiger partial charge in [0.1, 0.15) is 6.23 Å². The topological polar surface area (TPSA) is 67.8 Å². The minimum absolute atomic E-state index is 0.0769. The number of hydrogen-bond donors (Lipinski definition) is 2. The molecule has 1 aromatic rings. The molecule has 128 valence electrons. The molecule has 0 radical (unpaired) electrons. The van der Waals surface area contributed by atoms with Gasteiger partial charge in [-0.05, 0) is 37.5 Å². The van der Waals surface area contributed by atoms with E-state index in [1.165, 1.54) is 6.92 Å². The highest BCUT2D eigenvalue weighted by Gasteiger charge is 2.38. The first kappa shape index (κ1) is 17.6. The Morgan fingerprint density at radius 2 is 2.17 bits per heavy atom. The maximum absolute atomic E-state index is 13.4. The van der Waals surface area contributed by atoms with Crippen LogP contribution in [0.15, 0.2) is 12.1 Å². The molecule has 2 atom stereocenters. The summed E-state index contributed by atoms with van der Waals surface area (Å²) in [6.07, 6.45) is -5.34. The van der Waals surface area contributed by atoms with Gasteiger partial charge in [-0.25, -0.2) is 4.79 Å². The van der Waals surface area contributed by atoms with E-state index in [4.69, 9.17) is 4.74 Å². The van der Waals surface area contributed by atoms with Crippen LogP contribution < -0.4 is 5.32 Å². The van der Waals surface area contributed by atoms with Gasteiger partial charge in [-0.2, -0.15) is 13.2 Å². The molecule has 1 aliphatic rings. The quantitative estimate of drug-likeness (QED) is 0.655. The number of halogens is 3. The van der Waals surface area contributed by atoms with Crippen molar-refractivity contribution in [3.05, 3.63) is 28.8 Å². The zero-order valence-electron chi connectivity index (χ0n) is 12.7. The maximum Gasteiger partial charge on any atom is 0.416 e. The second-order valence-electron chi connectivity index (χ2n) is 5.30. The number of esters is 1. The predicted octanol–water partition coefficient (Wildman–Crippen LogP) is 3.09. The molecule has 1 saturated heterocycles. The van der Waals surface area contributed by atoms with Crippen LogP contribution in [0.3, 0.4) is 0 Å². The van der Waals surface area contributed by atoms with Crippen LogP contribution in [0.5, 0.6) is 0 Å². The third-order valence-corrected chi connectivity index (χ3v) is 3.54. The lowest BCUT2D eigenvalue weighted by atomic mass is 9.95. The molecule has 2 N–H and O–H groups in total. The molecule has 0 spiro atoms. The van der Waals surface area contributed by atoms with E-state index in [0.29, 0.717) is 19.4 Å². The first-order valence-corrected chi connectivity index (χ1v) is 7.13. The zero-order valence-corrected chi connectivity index (χ0v) is 12.7. The van der Waals surface area contributed by atoms with Gasteiger partial charge in [0.2, 0.25) is 0 Å². The Hall–Kier alpha value is -1.80. The van der Waals surface area contributed by atoms with Crippen LogP contribution in [0.4, 0.5) is 18.9 Å². The molecular weight excluding hydrogens is 315 g/mol. The number of anilines is 1. The van der Waals surface area contributed by atoms with Crippen molar-refractivity contribution in [1.29, 1.82) is 0 Å². The molecule has 0 amide bonds.